The van der Waals surface area contributed by atoms with Gasteiger partial charge in [0.05, 0.1) is 38.1 Å². The van der Waals surface area contributed by atoms with Gasteiger partial charge < -0.3 is 30.3 Å². The molecule has 4 N–H and O–H groups in total. The summed E-state index contributed by atoms with van der Waals surface area (Å²) in [7, 11) is 3.09. The number of ketones is 2. The maximum absolute atomic E-state index is 13.8. The number of carboxylic acids is 2. The van der Waals surface area contributed by atoms with Gasteiger partial charge in [-0.05, 0) is 59.4 Å². The summed E-state index contributed by atoms with van der Waals surface area (Å²) in [6.45, 7) is 0.931. The number of carbonyl (C=O) groups is 4. The van der Waals surface area contributed by atoms with Gasteiger partial charge in [-0.3, -0.25) is 19.2 Å². The molecule has 0 saturated heterocycles. The molecule has 0 amide bonds. The molecule has 0 radical (unpaired) electrons. The summed E-state index contributed by atoms with van der Waals surface area (Å²) < 4.78 is 10.6. The normalized spacial score (nSPS) is 27.7. The lowest BCUT2D eigenvalue weighted by Gasteiger charge is -2.48. The van der Waals surface area contributed by atoms with Crippen molar-refractivity contribution in [3.8, 4) is 11.5 Å². The van der Waals surface area contributed by atoms with Crippen molar-refractivity contribution in [1.29, 1.82) is 0 Å². The number of carbonyl (C=O) groups excluding carboxylic acids is 2. The van der Waals surface area contributed by atoms with E-state index in [1.54, 1.807) is 38.5 Å². The van der Waals surface area contributed by atoms with E-state index in [-0.39, 0.29) is 0 Å². The standard InChI is InChI=1S/C28H30N2O8/c1-37-15-3-5-17-13(11-15)7-9-29-23(17)25(31)19-21(27(33)34)20(22(19)28(35)36)26(32)24-18-6-4-16(38-2)12-14(18)8-10-30-24/h3-6,11-12,19-24,29-30H,7-10H2,1-2H3,(H,33,34)(H,35,36). The topological polar surface area (TPSA) is 151 Å². The minimum Gasteiger partial charge on any atom is -0.497 e. The van der Waals surface area contributed by atoms with Gasteiger partial charge in [0.2, 0.25) is 0 Å². The Labute approximate surface area is 219 Å². The highest BCUT2D eigenvalue weighted by Crippen LogP contribution is 2.51. The number of hydrogen-bond donors (Lipinski definition) is 4. The van der Waals surface area contributed by atoms with Crippen LogP contribution in [-0.4, -0.2) is 61.0 Å². The highest BCUT2D eigenvalue weighted by atomic mass is 16.5. The van der Waals surface area contributed by atoms with Crippen LogP contribution in [0, 0.1) is 23.7 Å². The van der Waals surface area contributed by atoms with Gasteiger partial charge in [0, 0.05) is 24.9 Å². The lowest BCUT2D eigenvalue weighted by molar-refractivity contribution is -0.181. The Morgan fingerprint density at radius 3 is 1.42 bits per heavy atom. The quantitative estimate of drug-likeness (QED) is 0.402. The molecule has 0 aromatic heterocycles. The molecule has 2 atom stereocenters. The van der Waals surface area contributed by atoms with Crippen molar-refractivity contribution >= 4 is 23.5 Å². The number of Topliss-reactive ketones (excluding diaryl/α,β-unsaturated/α-hetero) is 2. The van der Waals surface area contributed by atoms with Crippen LogP contribution in [0.25, 0.3) is 0 Å². The Morgan fingerprint density at radius 2 is 1.08 bits per heavy atom. The van der Waals surface area contributed by atoms with Gasteiger partial charge in [-0.1, -0.05) is 12.1 Å². The van der Waals surface area contributed by atoms with Gasteiger partial charge in [0.1, 0.15) is 11.5 Å². The summed E-state index contributed by atoms with van der Waals surface area (Å²) in [4.78, 5) is 52.4. The van der Waals surface area contributed by atoms with E-state index in [2.05, 4.69) is 10.6 Å². The van der Waals surface area contributed by atoms with Gasteiger partial charge in [0.15, 0.2) is 11.6 Å². The number of aliphatic carboxylic acids is 2. The van der Waals surface area contributed by atoms with Gasteiger partial charge in [0.25, 0.3) is 0 Å². The molecule has 10 nitrogen and oxygen atoms in total. The van der Waals surface area contributed by atoms with E-state index >= 15 is 0 Å². The molecular weight excluding hydrogens is 492 g/mol. The molecule has 3 aliphatic rings. The van der Waals surface area contributed by atoms with Crippen LogP contribution in [0.1, 0.15) is 34.3 Å². The Bertz CT molecular complexity index is 1200. The summed E-state index contributed by atoms with van der Waals surface area (Å²) >= 11 is 0. The molecule has 2 aliphatic heterocycles. The highest BCUT2D eigenvalue weighted by molar-refractivity contribution is 6.04. The monoisotopic (exact) mass is 522 g/mol. The Kier molecular flexibility index (Phi) is 6.93. The third kappa shape index (κ3) is 4.23. The first-order valence-corrected chi connectivity index (χ1v) is 12.6. The predicted octanol–water partition coefficient (Wildman–Crippen LogP) is 1.56. The molecule has 0 bridgehead atoms. The zero-order valence-corrected chi connectivity index (χ0v) is 21.1. The van der Waals surface area contributed by atoms with E-state index in [1.165, 1.54) is 0 Å². The number of methoxy groups -OCH3 is 2. The molecule has 2 aromatic rings. The second kappa shape index (κ2) is 10.2. The first-order valence-electron chi connectivity index (χ1n) is 12.6. The van der Waals surface area contributed by atoms with Crippen molar-refractivity contribution in [3.05, 3.63) is 58.7 Å². The fourth-order valence-electron chi connectivity index (χ4n) is 6.30. The van der Waals surface area contributed by atoms with Crippen LogP contribution in [0.5, 0.6) is 11.5 Å². The van der Waals surface area contributed by atoms with Crippen molar-refractivity contribution in [2.24, 2.45) is 23.7 Å². The largest absolute Gasteiger partial charge is 0.497 e. The summed E-state index contributed by atoms with van der Waals surface area (Å²) in [5.74, 6) is -8.05. The molecule has 2 aromatic carbocycles. The SMILES string of the molecule is COc1ccc2c(c1)CCNC2C(=O)C1C(C(=O)O)C(C(=O)C2NCCc3cc(OC)ccc32)C1C(=O)O. The number of nitrogens with one attached hydrogen (secondary N) is 2. The van der Waals surface area contributed by atoms with E-state index in [0.717, 1.165) is 11.1 Å². The summed E-state index contributed by atoms with van der Waals surface area (Å²) in [5.41, 5.74) is 3.10. The van der Waals surface area contributed by atoms with Crippen LogP contribution in [-0.2, 0) is 32.0 Å². The van der Waals surface area contributed by atoms with E-state index in [4.69, 9.17) is 9.47 Å². The second-order valence-corrected chi connectivity index (χ2v) is 9.99. The number of hydrogen-bond acceptors (Lipinski definition) is 8. The van der Waals surface area contributed by atoms with Crippen LogP contribution in [0.3, 0.4) is 0 Å². The predicted molar refractivity (Wildman–Crippen MR) is 134 cm³/mol. The number of ether oxygens (including phenoxy) is 2. The van der Waals surface area contributed by atoms with Gasteiger partial charge >= 0.3 is 11.9 Å². The van der Waals surface area contributed by atoms with Crippen molar-refractivity contribution in [2.75, 3.05) is 27.3 Å². The first kappa shape index (κ1) is 25.9. The molecule has 38 heavy (non-hydrogen) atoms. The van der Waals surface area contributed by atoms with Crippen LogP contribution < -0.4 is 20.1 Å². The summed E-state index contributed by atoms with van der Waals surface area (Å²) in [6.07, 6.45) is 1.29. The molecule has 200 valence electrons. The fourth-order valence-corrected chi connectivity index (χ4v) is 6.30. The molecule has 1 aliphatic carbocycles. The average Bonchev–Trinajstić information content (AvgIpc) is 2.90. The van der Waals surface area contributed by atoms with Crippen molar-refractivity contribution in [2.45, 2.75) is 24.9 Å². The van der Waals surface area contributed by atoms with E-state index in [1.807, 2.05) is 12.1 Å². The fraction of sp³-hybridized carbons (Fsp3) is 0.429. The van der Waals surface area contributed by atoms with E-state index in [0.29, 0.717) is 48.6 Å². The van der Waals surface area contributed by atoms with Gasteiger partial charge in [-0.2, -0.15) is 0 Å². The molecule has 2 heterocycles. The van der Waals surface area contributed by atoms with Gasteiger partial charge in [-0.25, -0.2) is 0 Å². The van der Waals surface area contributed by atoms with Crippen LogP contribution in [0.4, 0.5) is 0 Å². The Balaban J connectivity index is 1.47. The summed E-state index contributed by atoms with van der Waals surface area (Å²) in [5, 5.41) is 26.5. The van der Waals surface area contributed by atoms with Crippen molar-refractivity contribution in [1.82, 2.24) is 10.6 Å². The highest BCUT2D eigenvalue weighted by Gasteiger charge is 2.64. The van der Waals surface area contributed by atoms with Crippen LogP contribution in [0.2, 0.25) is 0 Å². The van der Waals surface area contributed by atoms with Crippen LogP contribution >= 0.6 is 0 Å². The molecule has 2 unspecified atom stereocenters. The minimum atomic E-state index is -1.44. The third-order valence-corrected chi connectivity index (χ3v) is 8.15. The van der Waals surface area contributed by atoms with Crippen molar-refractivity contribution < 1.29 is 38.9 Å². The maximum Gasteiger partial charge on any atom is 0.308 e. The number of carboxylic acid groups (broad SMARTS) is 2. The maximum atomic E-state index is 13.8. The Morgan fingerprint density at radius 1 is 0.684 bits per heavy atom. The van der Waals surface area contributed by atoms with E-state index < -0.39 is 59.3 Å². The second-order valence-electron chi connectivity index (χ2n) is 9.99. The van der Waals surface area contributed by atoms with E-state index in [9.17, 15) is 29.4 Å². The molecule has 1 saturated carbocycles. The Hall–Kier alpha value is -3.76. The van der Waals surface area contributed by atoms with Crippen LogP contribution in [0.15, 0.2) is 36.4 Å². The number of benzene rings is 2. The number of fused-ring (bicyclic) bond motifs is 2. The summed E-state index contributed by atoms with van der Waals surface area (Å²) in [6, 6.07) is 8.83. The lowest BCUT2D eigenvalue weighted by atomic mass is 9.52. The third-order valence-electron chi connectivity index (χ3n) is 8.15. The van der Waals surface area contributed by atoms with Crippen molar-refractivity contribution in [3.63, 3.8) is 0 Å². The molecule has 1 fully saturated rings. The molecule has 10 heteroatoms. The zero-order chi connectivity index (χ0) is 27.1. The lowest BCUT2D eigenvalue weighted by Crippen LogP contribution is -2.63. The average molecular weight is 523 g/mol. The molecule has 5 rings (SSSR count). The van der Waals surface area contributed by atoms with Gasteiger partial charge in [-0.15, -0.1) is 0 Å². The minimum absolute atomic E-state index is 0.466. The molecule has 0 spiro atoms. The number of rotatable bonds is 8. The first-order chi connectivity index (χ1) is 18.3. The smallest absolute Gasteiger partial charge is 0.308 e. The zero-order valence-electron chi connectivity index (χ0n) is 21.1. The molecular formula is C28H30N2O8.